The third-order valence-electron chi connectivity index (χ3n) is 3.20. The zero-order valence-electron chi connectivity index (χ0n) is 10.9. The zero-order valence-corrected chi connectivity index (χ0v) is 12.5. The van der Waals surface area contributed by atoms with Gasteiger partial charge >= 0.3 is 5.97 Å². The van der Waals surface area contributed by atoms with Crippen LogP contribution < -0.4 is 0 Å². The second kappa shape index (κ2) is 5.09. The van der Waals surface area contributed by atoms with E-state index in [0.717, 1.165) is 33.9 Å². The quantitative estimate of drug-likeness (QED) is 0.495. The molecule has 1 aliphatic rings. The number of rotatable bonds is 3. The molecule has 0 radical (unpaired) electrons. The molecule has 0 atom stereocenters. The average molecular weight is 294 g/mol. The largest absolute Gasteiger partial charge is 0.468 e. The van der Waals surface area contributed by atoms with Gasteiger partial charge in [-0.05, 0) is 31.7 Å². The Morgan fingerprint density at radius 1 is 1.42 bits per heavy atom. The molecular formula is C13H14N2O2S2. The van der Waals surface area contributed by atoms with Gasteiger partial charge in [0.15, 0.2) is 0 Å². The Morgan fingerprint density at radius 3 is 3.05 bits per heavy atom. The van der Waals surface area contributed by atoms with Crippen molar-refractivity contribution in [1.29, 1.82) is 0 Å². The minimum absolute atomic E-state index is 0.221. The van der Waals surface area contributed by atoms with Crippen LogP contribution in [-0.4, -0.2) is 28.8 Å². The summed E-state index contributed by atoms with van der Waals surface area (Å²) in [5, 5.41) is 2.09. The van der Waals surface area contributed by atoms with E-state index in [0.29, 0.717) is 5.75 Å². The van der Waals surface area contributed by atoms with Crippen molar-refractivity contribution in [2.24, 2.45) is 0 Å². The van der Waals surface area contributed by atoms with Gasteiger partial charge in [-0.2, -0.15) is 0 Å². The third kappa shape index (κ3) is 2.34. The van der Waals surface area contributed by atoms with Crippen molar-refractivity contribution in [3.63, 3.8) is 0 Å². The van der Waals surface area contributed by atoms with Crippen LogP contribution in [0.5, 0.6) is 0 Å². The SMILES string of the molecule is COC(=O)CSc1nc(C)nc2sc3c(c12)CCC3. The van der Waals surface area contributed by atoms with Crippen molar-refractivity contribution in [3.8, 4) is 0 Å². The lowest BCUT2D eigenvalue weighted by Gasteiger charge is -2.04. The summed E-state index contributed by atoms with van der Waals surface area (Å²) in [4.78, 5) is 22.8. The lowest BCUT2D eigenvalue weighted by Crippen LogP contribution is -2.04. The summed E-state index contributed by atoms with van der Waals surface area (Å²) in [5.41, 5.74) is 1.40. The van der Waals surface area contributed by atoms with Crippen LogP contribution in [-0.2, 0) is 22.4 Å². The van der Waals surface area contributed by atoms with Gasteiger partial charge in [0.25, 0.3) is 0 Å². The first kappa shape index (κ1) is 12.9. The molecule has 0 spiro atoms. The normalized spacial score (nSPS) is 13.8. The minimum atomic E-state index is -0.221. The maximum Gasteiger partial charge on any atom is 0.316 e. The number of nitrogens with zero attached hydrogens (tertiary/aromatic N) is 2. The van der Waals surface area contributed by atoms with Crippen LogP contribution in [0, 0.1) is 6.92 Å². The van der Waals surface area contributed by atoms with Crippen LogP contribution in [0.2, 0.25) is 0 Å². The molecule has 0 bridgehead atoms. The molecule has 0 aliphatic heterocycles. The molecule has 2 heterocycles. The van der Waals surface area contributed by atoms with Crippen LogP contribution in [0.25, 0.3) is 10.2 Å². The van der Waals surface area contributed by atoms with Crippen molar-refractivity contribution >= 4 is 39.3 Å². The van der Waals surface area contributed by atoms with E-state index in [2.05, 4.69) is 14.7 Å². The highest BCUT2D eigenvalue weighted by Crippen LogP contribution is 2.40. The van der Waals surface area contributed by atoms with Gasteiger partial charge in [0.1, 0.15) is 15.7 Å². The fraction of sp³-hybridized carbons (Fsp3) is 0.462. The number of thioether (sulfide) groups is 1. The summed E-state index contributed by atoms with van der Waals surface area (Å²) in [6.07, 6.45) is 3.47. The van der Waals surface area contributed by atoms with Gasteiger partial charge in [-0.25, -0.2) is 9.97 Å². The van der Waals surface area contributed by atoms with Crippen LogP contribution in [0.1, 0.15) is 22.7 Å². The number of fused-ring (bicyclic) bond motifs is 3. The maximum atomic E-state index is 11.3. The molecule has 0 unspecified atom stereocenters. The smallest absolute Gasteiger partial charge is 0.316 e. The van der Waals surface area contributed by atoms with Crippen molar-refractivity contribution < 1.29 is 9.53 Å². The molecule has 2 aromatic heterocycles. The van der Waals surface area contributed by atoms with Crippen LogP contribution in [0.4, 0.5) is 0 Å². The van der Waals surface area contributed by atoms with Gasteiger partial charge in [0, 0.05) is 10.3 Å². The van der Waals surface area contributed by atoms with Gasteiger partial charge in [0.05, 0.1) is 12.9 Å². The van der Waals surface area contributed by atoms with Crippen molar-refractivity contribution in [1.82, 2.24) is 9.97 Å². The molecule has 0 amide bonds. The fourth-order valence-electron chi connectivity index (χ4n) is 2.35. The van der Waals surface area contributed by atoms with Crippen LogP contribution in [0.15, 0.2) is 5.03 Å². The summed E-state index contributed by atoms with van der Waals surface area (Å²) in [6, 6.07) is 0. The van der Waals surface area contributed by atoms with Gasteiger partial charge < -0.3 is 4.74 Å². The first-order chi connectivity index (χ1) is 9.19. The standard InChI is InChI=1S/C13H14N2O2S2/c1-7-14-12(18-6-10(16)17-2)11-8-4-3-5-9(8)19-13(11)15-7/h3-6H2,1-2H3. The molecule has 0 fully saturated rings. The lowest BCUT2D eigenvalue weighted by atomic mass is 10.2. The average Bonchev–Trinajstić information content (AvgIpc) is 2.94. The summed E-state index contributed by atoms with van der Waals surface area (Å²) in [6.45, 7) is 1.90. The highest BCUT2D eigenvalue weighted by molar-refractivity contribution is 8.00. The van der Waals surface area contributed by atoms with Gasteiger partial charge in [-0.3, -0.25) is 4.79 Å². The number of hydrogen-bond donors (Lipinski definition) is 0. The number of aryl methyl sites for hydroxylation is 3. The number of hydrogen-bond acceptors (Lipinski definition) is 6. The minimum Gasteiger partial charge on any atom is -0.468 e. The summed E-state index contributed by atoms with van der Waals surface area (Å²) >= 11 is 3.22. The molecule has 3 rings (SSSR count). The second-order valence-electron chi connectivity index (χ2n) is 4.48. The highest BCUT2D eigenvalue weighted by atomic mass is 32.2. The first-order valence-corrected chi connectivity index (χ1v) is 7.97. The molecule has 4 nitrogen and oxygen atoms in total. The Balaban J connectivity index is 2.04. The molecule has 2 aromatic rings. The molecule has 6 heteroatoms. The monoisotopic (exact) mass is 294 g/mol. The maximum absolute atomic E-state index is 11.3. The number of carbonyl (C=O) groups is 1. The molecule has 0 saturated carbocycles. The van der Waals surface area contributed by atoms with Gasteiger partial charge in [-0.15, -0.1) is 11.3 Å². The number of aromatic nitrogens is 2. The van der Waals surface area contributed by atoms with E-state index < -0.39 is 0 Å². The predicted octanol–water partition coefficient (Wildman–Crippen LogP) is 2.75. The Hall–Kier alpha value is -1.14. The van der Waals surface area contributed by atoms with E-state index in [4.69, 9.17) is 0 Å². The topological polar surface area (TPSA) is 52.1 Å². The third-order valence-corrected chi connectivity index (χ3v) is 5.33. The van der Waals surface area contributed by atoms with Crippen molar-refractivity contribution in [2.45, 2.75) is 31.2 Å². The first-order valence-electron chi connectivity index (χ1n) is 6.17. The molecule has 19 heavy (non-hydrogen) atoms. The molecule has 100 valence electrons. The van der Waals surface area contributed by atoms with Crippen LogP contribution in [0.3, 0.4) is 0 Å². The Bertz CT molecular complexity index is 652. The van der Waals surface area contributed by atoms with E-state index >= 15 is 0 Å². The lowest BCUT2D eigenvalue weighted by molar-refractivity contribution is -0.137. The summed E-state index contributed by atoms with van der Waals surface area (Å²) in [5.74, 6) is 0.841. The molecule has 0 N–H and O–H groups in total. The number of methoxy groups -OCH3 is 1. The number of thiophene rings is 1. The Morgan fingerprint density at radius 2 is 2.26 bits per heavy atom. The summed E-state index contributed by atoms with van der Waals surface area (Å²) < 4.78 is 4.69. The van der Waals surface area contributed by atoms with Crippen LogP contribution >= 0.6 is 23.1 Å². The van der Waals surface area contributed by atoms with E-state index in [1.165, 1.54) is 35.7 Å². The second-order valence-corrected chi connectivity index (χ2v) is 6.53. The van der Waals surface area contributed by atoms with E-state index in [-0.39, 0.29) is 5.97 Å². The van der Waals surface area contributed by atoms with E-state index in [1.807, 2.05) is 6.92 Å². The van der Waals surface area contributed by atoms with E-state index in [1.54, 1.807) is 11.3 Å². The molecule has 1 aliphatic carbocycles. The van der Waals surface area contributed by atoms with Gasteiger partial charge in [0.2, 0.25) is 0 Å². The number of ether oxygens (including phenoxy) is 1. The van der Waals surface area contributed by atoms with E-state index in [9.17, 15) is 4.79 Å². The highest BCUT2D eigenvalue weighted by Gasteiger charge is 2.22. The fourth-order valence-corrected chi connectivity index (χ4v) is 4.66. The zero-order chi connectivity index (χ0) is 13.4. The number of esters is 1. The van der Waals surface area contributed by atoms with Gasteiger partial charge in [-0.1, -0.05) is 11.8 Å². The van der Waals surface area contributed by atoms with Crippen molar-refractivity contribution in [2.75, 3.05) is 12.9 Å². The summed E-state index contributed by atoms with van der Waals surface area (Å²) in [7, 11) is 1.41. The molecule has 0 saturated heterocycles. The number of carbonyl (C=O) groups excluding carboxylic acids is 1. The molecule has 0 aromatic carbocycles. The Labute approximate surface area is 119 Å². The van der Waals surface area contributed by atoms with Crippen molar-refractivity contribution in [3.05, 3.63) is 16.3 Å². The predicted molar refractivity (Wildman–Crippen MR) is 76.9 cm³/mol. The molecular weight excluding hydrogens is 280 g/mol. The Kier molecular flexibility index (Phi) is 3.45.